The molecule has 2 atom stereocenters. The lowest BCUT2D eigenvalue weighted by Gasteiger charge is -2.17. The van der Waals surface area contributed by atoms with Gasteiger partial charge in [-0.25, -0.2) is 9.37 Å². The van der Waals surface area contributed by atoms with E-state index in [1.54, 1.807) is 29.3 Å². The van der Waals surface area contributed by atoms with Crippen LogP contribution in [0.15, 0.2) is 54.7 Å². The van der Waals surface area contributed by atoms with Gasteiger partial charge in [-0.1, -0.05) is 47.5 Å². The van der Waals surface area contributed by atoms with Gasteiger partial charge in [0.05, 0.1) is 34.1 Å². The Morgan fingerprint density at radius 3 is 2.33 bits per heavy atom. The number of rotatable bonds is 13. The molecule has 2 aromatic heterocycles. The van der Waals surface area contributed by atoms with Crippen molar-refractivity contribution in [2.75, 3.05) is 33.3 Å². The minimum atomic E-state index is -0.500. The van der Waals surface area contributed by atoms with Gasteiger partial charge in [0.15, 0.2) is 0 Å². The van der Waals surface area contributed by atoms with Crippen LogP contribution in [0.2, 0.25) is 10.0 Å². The first kappa shape index (κ1) is 35.8. The van der Waals surface area contributed by atoms with Crippen molar-refractivity contribution in [3.8, 4) is 39.5 Å². The Kier molecular flexibility index (Phi) is 10.7. The molecule has 0 bridgehead atoms. The van der Waals surface area contributed by atoms with Crippen molar-refractivity contribution in [2.24, 2.45) is 0 Å². The Balaban J connectivity index is 1.07. The van der Waals surface area contributed by atoms with Gasteiger partial charge in [-0.05, 0) is 36.6 Å². The molecular formula is C38H38Cl2FN7O4. The monoisotopic (exact) mass is 745 g/mol. The second-order valence-corrected chi connectivity index (χ2v) is 14.0. The third-order valence-corrected chi connectivity index (χ3v) is 10.5. The Morgan fingerprint density at radius 2 is 1.62 bits per heavy atom. The van der Waals surface area contributed by atoms with Crippen LogP contribution in [0.3, 0.4) is 0 Å². The summed E-state index contributed by atoms with van der Waals surface area (Å²) in [6.07, 6.45) is 4.26. The molecule has 52 heavy (non-hydrogen) atoms. The third kappa shape index (κ3) is 7.47. The Morgan fingerprint density at radius 1 is 0.904 bits per heavy atom. The summed E-state index contributed by atoms with van der Waals surface area (Å²) in [6.45, 7) is 2.98. The fourth-order valence-corrected chi connectivity index (χ4v) is 7.65. The molecule has 4 aromatic rings. The normalized spacial score (nSPS) is 18.2. The lowest BCUT2D eigenvalue weighted by molar-refractivity contribution is -0.120. The highest BCUT2D eigenvalue weighted by atomic mass is 35.5. The van der Waals surface area contributed by atoms with E-state index in [0.29, 0.717) is 89.3 Å². The van der Waals surface area contributed by atoms with Crippen LogP contribution in [0.1, 0.15) is 47.2 Å². The minimum Gasteiger partial charge on any atom is -0.481 e. The molecule has 3 aliphatic rings. The van der Waals surface area contributed by atoms with E-state index in [1.165, 1.54) is 13.2 Å². The van der Waals surface area contributed by atoms with Gasteiger partial charge in [-0.3, -0.25) is 19.4 Å². The van der Waals surface area contributed by atoms with Crippen molar-refractivity contribution in [1.82, 2.24) is 36.1 Å². The number of halogens is 3. The molecule has 3 amide bonds. The van der Waals surface area contributed by atoms with Crippen molar-refractivity contribution in [2.45, 2.75) is 50.9 Å². The number of methoxy groups -OCH3 is 1. The van der Waals surface area contributed by atoms with Gasteiger partial charge in [0.25, 0.3) is 5.91 Å². The topological polar surface area (TPSA) is 138 Å². The van der Waals surface area contributed by atoms with Crippen LogP contribution in [0.5, 0.6) is 5.88 Å². The van der Waals surface area contributed by atoms with Gasteiger partial charge in [0, 0.05) is 104 Å². The molecule has 0 unspecified atom stereocenters. The molecule has 7 rings (SSSR count). The molecule has 11 nitrogen and oxygen atoms in total. The molecule has 0 aliphatic carbocycles. The molecule has 2 fully saturated rings. The fraction of sp³-hybridized carbons (Fsp3) is 0.342. The summed E-state index contributed by atoms with van der Waals surface area (Å²) >= 11 is 14.1. The highest BCUT2D eigenvalue weighted by Gasteiger charge is 2.28. The predicted molar refractivity (Wildman–Crippen MR) is 197 cm³/mol. The largest absolute Gasteiger partial charge is 0.481 e. The summed E-state index contributed by atoms with van der Waals surface area (Å²) in [5, 5.41) is 13.1. The van der Waals surface area contributed by atoms with E-state index in [-0.39, 0.29) is 47.8 Å². The van der Waals surface area contributed by atoms with Gasteiger partial charge in [0.1, 0.15) is 5.82 Å². The molecular weight excluding hydrogens is 708 g/mol. The van der Waals surface area contributed by atoms with Crippen LogP contribution < -0.4 is 26.0 Å². The number of fused-ring (bicyclic) bond motifs is 1. The first-order chi connectivity index (χ1) is 25.2. The molecule has 3 aliphatic heterocycles. The second-order valence-electron chi connectivity index (χ2n) is 13.2. The van der Waals surface area contributed by atoms with E-state index >= 15 is 4.39 Å². The predicted octanol–water partition coefficient (Wildman–Crippen LogP) is 5.12. The molecule has 270 valence electrons. The smallest absolute Gasteiger partial charge is 0.254 e. The summed E-state index contributed by atoms with van der Waals surface area (Å²) in [7, 11) is 1.44. The van der Waals surface area contributed by atoms with Crippen molar-refractivity contribution in [3.05, 3.63) is 87.3 Å². The summed E-state index contributed by atoms with van der Waals surface area (Å²) in [6, 6.07) is 14.2. The first-order valence-electron chi connectivity index (χ1n) is 17.3. The molecule has 2 aromatic carbocycles. The van der Waals surface area contributed by atoms with Crippen LogP contribution in [0, 0.1) is 5.82 Å². The van der Waals surface area contributed by atoms with E-state index in [0.717, 1.165) is 24.0 Å². The summed E-state index contributed by atoms with van der Waals surface area (Å²) in [4.78, 5) is 47.1. The second kappa shape index (κ2) is 15.5. The van der Waals surface area contributed by atoms with E-state index < -0.39 is 5.82 Å². The number of nitrogens with one attached hydrogen (secondary N) is 4. The van der Waals surface area contributed by atoms with Crippen molar-refractivity contribution in [1.29, 1.82) is 0 Å². The Bertz CT molecular complexity index is 2050. The van der Waals surface area contributed by atoms with E-state index in [4.69, 9.17) is 27.9 Å². The third-order valence-electron chi connectivity index (χ3n) is 9.75. The maximum Gasteiger partial charge on any atom is 0.254 e. The number of hydrogen-bond acceptors (Lipinski definition) is 8. The van der Waals surface area contributed by atoms with E-state index in [2.05, 4.69) is 31.2 Å². The average Bonchev–Trinajstić information content (AvgIpc) is 3.84. The number of carbonyl (C=O) groups excluding carboxylic acids is 3. The van der Waals surface area contributed by atoms with E-state index in [9.17, 15) is 14.4 Å². The number of nitrogens with zero attached hydrogens (tertiary/aromatic N) is 3. The summed E-state index contributed by atoms with van der Waals surface area (Å²) in [5.74, 6) is -0.294. The average molecular weight is 747 g/mol. The van der Waals surface area contributed by atoms with Gasteiger partial charge < -0.3 is 30.9 Å². The zero-order valence-electron chi connectivity index (χ0n) is 28.5. The lowest BCUT2D eigenvalue weighted by Crippen LogP contribution is -2.39. The number of pyridine rings is 2. The SMILES string of the molecule is COc1nc(-c2cccc(-c3ccnc(-c4ccc5c(c4)CN(CCNC[C@@H]4CCC(=O)N4)C5=O)c3Cl)c2Cl)cc(F)c1CNC[C@H]1CCC(=O)N1. The van der Waals surface area contributed by atoms with Crippen molar-refractivity contribution in [3.63, 3.8) is 0 Å². The molecule has 14 heteroatoms. The minimum absolute atomic E-state index is 0.00552. The Hall–Kier alpha value is -4.62. The highest BCUT2D eigenvalue weighted by Crippen LogP contribution is 2.42. The van der Waals surface area contributed by atoms with E-state index in [1.807, 2.05) is 24.3 Å². The van der Waals surface area contributed by atoms with Crippen molar-refractivity contribution < 1.29 is 23.5 Å². The number of ether oxygens (including phenoxy) is 1. The molecule has 0 radical (unpaired) electrons. The fourth-order valence-electron chi connectivity index (χ4n) is 7.01. The highest BCUT2D eigenvalue weighted by molar-refractivity contribution is 6.39. The number of benzene rings is 2. The standard InChI is InChI=1S/C38H38Cl2FN7O4/c1-52-37-29(19-43-18-24-7-10-33(50)46-24)30(41)16-31(47-37)28-4-2-3-26(34(28)39)27-11-12-44-36(35(27)40)21-5-8-25-22(15-21)20-48(38(25)51)14-13-42-17-23-6-9-32(49)45-23/h2-5,8,11-12,15-16,23-24,42-43H,6-7,9-10,13-14,17-20H2,1H3,(H,45,49)(H,46,50)/t23-,24+/m0/s1. The molecule has 5 heterocycles. The number of aromatic nitrogens is 2. The summed E-state index contributed by atoms with van der Waals surface area (Å²) in [5.41, 5.74) is 5.15. The lowest BCUT2D eigenvalue weighted by atomic mass is 9.98. The quantitative estimate of drug-likeness (QED) is 0.139. The summed E-state index contributed by atoms with van der Waals surface area (Å²) < 4.78 is 21.0. The van der Waals surface area contributed by atoms with Gasteiger partial charge in [-0.2, -0.15) is 0 Å². The van der Waals surface area contributed by atoms with Crippen molar-refractivity contribution >= 4 is 40.9 Å². The number of carbonyl (C=O) groups is 3. The molecule has 0 saturated carbocycles. The number of hydrogen-bond donors (Lipinski definition) is 4. The molecule has 4 N–H and O–H groups in total. The zero-order chi connectivity index (χ0) is 36.4. The van der Waals surface area contributed by atoms with Gasteiger partial charge >= 0.3 is 0 Å². The number of amides is 3. The maximum absolute atomic E-state index is 15.6. The van der Waals surface area contributed by atoms with Gasteiger partial charge in [0.2, 0.25) is 17.7 Å². The van der Waals surface area contributed by atoms with Crippen LogP contribution in [-0.4, -0.2) is 78.0 Å². The Labute approximate surface area is 310 Å². The molecule has 0 spiro atoms. The first-order valence-corrected chi connectivity index (χ1v) is 18.1. The van der Waals surface area contributed by atoms with Crippen LogP contribution in [-0.2, 0) is 22.7 Å². The zero-order valence-corrected chi connectivity index (χ0v) is 30.0. The molecule has 2 saturated heterocycles. The van der Waals surface area contributed by atoms with Crippen LogP contribution in [0.25, 0.3) is 33.6 Å². The van der Waals surface area contributed by atoms with Gasteiger partial charge in [-0.15, -0.1) is 0 Å². The van der Waals surface area contributed by atoms with Crippen LogP contribution in [0.4, 0.5) is 4.39 Å². The van der Waals surface area contributed by atoms with Crippen LogP contribution >= 0.6 is 23.2 Å². The maximum atomic E-state index is 15.6.